The number of nitrogens with zero attached hydrogens (tertiary/aromatic N) is 1. The molecule has 122 valence electrons. The number of anilines is 2. The monoisotopic (exact) mass is 303 g/mol. The molecule has 1 aliphatic rings. The maximum Gasteiger partial charge on any atom is 0.241 e. The summed E-state index contributed by atoms with van der Waals surface area (Å²) in [6, 6.07) is 7.67. The molecule has 4 heteroatoms. The number of nitrogens with one attached hydrogen (secondary N) is 1. The number of hydrogen-bond donors (Lipinski definition) is 2. The molecule has 0 radical (unpaired) electrons. The Morgan fingerprint density at radius 1 is 1.27 bits per heavy atom. The molecule has 0 saturated carbocycles. The summed E-state index contributed by atoms with van der Waals surface area (Å²) in [5, 5.41) is 2.96. The Morgan fingerprint density at radius 2 is 1.95 bits per heavy atom. The van der Waals surface area contributed by atoms with E-state index in [9.17, 15) is 4.79 Å². The number of carbonyl (C=O) groups excluding carboxylic acids is 1. The molecule has 4 nitrogen and oxygen atoms in total. The van der Waals surface area contributed by atoms with Crippen LogP contribution in [0.15, 0.2) is 24.3 Å². The number of hydrogen-bond acceptors (Lipinski definition) is 3. The molecule has 1 aliphatic heterocycles. The highest BCUT2D eigenvalue weighted by atomic mass is 16.2. The Kier molecular flexibility index (Phi) is 6.25. The number of nitrogens with two attached hydrogens (primary N) is 1. The van der Waals surface area contributed by atoms with Crippen LogP contribution in [0.1, 0.15) is 46.0 Å². The first-order valence-corrected chi connectivity index (χ1v) is 8.53. The normalized spacial score (nSPS) is 18.4. The number of rotatable bonds is 5. The third-order valence-electron chi connectivity index (χ3n) is 4.64. The summed E-state index contributed by atoms with van der Waals surface area (Å²) in [5.41, 5.74) is 8.03. The van der Waals surface area contributed by atoms with Crippen molar-refractivity contribution in [2.45, 2.75) is 52.0 Å². The highest BCUT2D eigenvalue weighted by molar-refractivity contribution is 5.95. The molecular formula is C18H29N3O. The molecule has 1 heterocycles. The molecular weight excluding hydrogens is 274 g/mol. The van der Waals surface area contributed by atoms with Gasteiger partial charge in [0.15, 0.2) is 0 Å². The van der Waals surface area contributed by atoms with Crippen LogP contribution < -0.4 is 16.0 Å². The van der Waals surface area contributed by atoms with E-state index >= 15 is 0 Å². The second-order valence-corrected chi connectivity index (χ2v) is 6.35. The largest absolute Gasteiger partial charge is 0.371 e. The third-order valence-corrected chi connectivity index (χ3v) is 4.64. The van der Waals surface area contributed by atoms with Gasteiger partial charge in [0.1, 0.15) is 0 Å². The zero-order valence-corrected chi connectivity index (χ0v) is 13.8. The number of amides is 1. The lowest BCUT2D eigenvalue weighted by Gasteiger charge is -2.23. The van der Waals surface area contributed by atoms with Crippen molar-refractivity contribution in [3.05, 3.63) is 24.3 Å². The van der Waals surface area contributed by atoms with Crippen LogP contribution in [0.4, 0.5) is 11.4 Å². The molecule has 2 atom stereocenters. The van der Waals surface area contributed by atoms with E-state index in [1.54, 1.807) is 0 Å². The van der Waals surface area contributed by atoms with Crippen molar-refractivity contribution in [2.75, 3.05) is 23.3 Å². The van der Waals surface area contributed by atoms with E-state index in [1.165, 1.54) is 31.4 Å². The van der Waals surface area contributed by atoms with Crippen LogP contribution in [-0.2, 0) is 4.79 Å². The van der Waals surface area contributed by atoms with Gasteiger partial charge >= 0.3 is 0 Å². The molecule has 1 aromatic carbocycles. The number of carbonyl (C=O) groups is 1. The van der Waals surface area contributed by atoms with Crippen molar-refractivity contribution < 1.29 is 4.79 Å². The van der Waals surface area contributed by atoms with Crippen LogP contribution in [-0.4, -0.2) is 25.0 Å². The lowest BCUT2D eigenvalue weighted by atomic mass is 9.99. The van der Waals surface area contributed by atoms with Crippen molar-refractivity contribution in [1.29, 1.82) is 0 Å². The van der Waals surface area contributed by atoms with Gasteiger partial charge in [0, 0.05) is 24.5 Å². The van der Waals surface area contributed by atoms with E-state index < -0.39 is 6.04 Å². The summed E-state index contributed by atoms with van der Waals surface area (Å²) in [6.07, 6.45) is 6.03. The average molecular weight is 303 g/mol. The molecule has 22 heavy (non-hydrogen) atoms. The Morgan fingerprint density at radius 3 is 2.59 bits per heavy atom. The van der Waals surface area contributed by atoms with Crippen LogP contribution in [0.3, 0.4) is 0 Å². The molecule has 1 saturated heterocycles. The summed E-state index contributed by atoms with van der Waals surface area (Å²) < 4.78 is 0. The van der Waals surface area contributed by atoms with Crippen molar-refractivity contribution in [3.63, 3.8) is 0 Å². The van der Waals surface area contributed by atoms with Crippen molar-refractivity contribution in [1.82, 2.24) is 0 Å². The van der Waals surface area contributed by atoms with E-state index in [0.717, 1.165) is 25.2 Å². The zero-order valence-electron chi connectivity index (χ0n) is 13.8. The fourth-order valence-electron chi connectivity index (χ4n) is 2.85. The van der Waals surface area contributed by atoms with E-state index in [1.807, 2.05) is 19.1 Å². The van der Waals surface area contributed by atoms with E-state index in [4.69, 9.17) is 5.73 Å². The minimum atomic E-state index is -0.452. The molecule has 1 amide bonds. The molecule has 0 bridgehead atoms. The SMILES string of the molecule is CCC(C)C(N)C(=O)Nc1cccc(N2CCCCCC2)c1. The number of benzene rings is 1. The highest BCUT2D eigenvalue weighted by Gasteiger charge is 2.19. The Bertz CT molecular complexity index is 481. The first-order valence-electron chi connectivity index (χ1n) is 8.53. The maximum absolute atomic E-state index is 12.2. The molecule has 0 aromatic heterocycles. The summed E-state index contributed by atoms with van der Waals surface area (Å²) in [4.78, 5) is 14.6. The average Bonchev–Trinajstić information content (AvgIpc) is 2.82. The molecule has 2 unspecified atom stereocenters. The quantitative estimate of drug-likeness (QED) is 0.876. The second kappa shape index (κ2) is 8.18. The fourth-order valence-corrected chi connectivity index (χ4v) is 2.85. The van der Waals surface area contributed by atoms with Gasteiger partial charge in [-0.3, -0.25) is 4.79 Å². The smallest absolute Gasteiger partial charge is 0.241 e. The Labute approximate surface area is 134 Å². The highest BCUT2D eigenvalue weighted by Crippen LogP contribution is 2.23. The molecule has 3 N–H and O–H groups in total. The first kappa shape index (κ1) is 16.8. The van der Waals surface area contributed by atoms with E-state index in [2.05, 4.69) is 29.3 Å². The second-order valence-electron chi connectivity index (χ2n) is 6.35. The lowest BCUT2D eigenvalue weighted by molar-refractivity contribution is -0.118. The molecule has 0 aliphatic carbocycles. The van der Waals surface area contributed by atoms with Crippen molar-refractivity contribution in [2.24, 2.45) is 11.7 Å². The Balaban J connectivity index is 2.03. The minimum Gasteiger partial charge on any atom is -0.371 e. The predicted octanol–water partition coefficient (Wildman–Crippen LogP) is 3.38. The van der Waals surface area contributed by atoms with Gasteiger partial charge in [-0.15, -0.1) is 0 Å². The Hall–Kier alpha value is -1.55. The summed E-state index contributed by atoms with van der Waals surface area (Å²) in [6.45, 7) is 6.27. The van der Waals surface area contributed by atoms with Gasteiger partial charge in [-0.2, -0.15) is 0 Å². The van der Waals surface area contributed by atoms with Crippen molar-refractivity contribution >= 4 is 17.3 Å². The zero-order chi connectivity index (χ0) is 15.9. The summed E-state index contributed by atoms with van der Waals surface area (Å²) in [5.74, 6) is 0.0937. The summed E-state index contributed by atoms with van der Waals surface area (Å²) in [7, 11) is 0. The van der Waals surface area contributed by atoms with Crippen LogP contribution in [0.2, 0.25) is 0 Å². The minimum absolute atomic E-state index is 0.0950. The van der Waals surface area contributed by atoms with Gasteiger partial charge in [0.05, 0.1) is 6.04 Å². The standard InChI is InChI=1S/C18H29N3O/c1-3-14(2)17(19)18(22)20-15-9-8-10-16(13-15)21-11-6-4-5-7-12-21/h8-10,13-14,17H,3-7,11-12,19H2,1-2H3,(H,20,22). The van der Waals surface area contributed by atoms with Crippen LogP contribution in [0.5, 0.6) is 0 Å². The third kappa shape index (κ3) is 4.47. The van der Waals surface area contributed by atoms with Gasteiger partial charge in [0.25, 0.3) is 0 Å². The molecule has 0 spiro atoms. The van der Waals surface area contributed by atoms with Gasteiger partial charge in [-0.1, -0.05) is 39.2 Å². The molecule has 2 rings (SSSR count). The van der Waals surface area contributed by atoms with E-state index in [-0.39, 0.29) is 11.8 Å². The van der Waals surface area contributed by atoms with E-state index in [0.29, 0.717) is 0 Å². The van der Waals surface area contributed by atoms with Crippen LogP contribution >= 0.6 is 0 Å². The van der Waals surface area contributed by atoms with Crippen molar-refractivity contribution in [3.8, 4) is 0 Å². The lowest BCUT2D eigenvalue weighted by Crippen LogP contribution is -2.40. The van der Waals surface area contributed by atoms with Gasteiger partial charge < -0.3 is 16.0 Å². The maximum atomic E-state index is 12.2. The topological polar surface area (TPSA) is 58.4 Å². The first-order chi connectivity index (χ1) is 10.6. The van der Waals surface area contributed by atoms with Gasteiger partial charge in [0.2, 0.25) is 5.91 Å². The summed E-state index contributed by atoms with van der Waals surface area (Å²) >= 11 is 0. The molecule has 1 fully saturated rings. The predicted molar refractivity (Wildman–Crippen MR) is 93.2 cm³/mol. The van der Waals surface area contributed by atoms with Crippen LogP contribution in [0, 0.1) is 5.92 Å². The van der Waals surface area contributed by atoms with Gasteiger partial charge in [-0.25, -0.2) is 0 Å². The molecule has 1 aromatic rings. The van der Waals surface area contributed by atoms with Crippen LogP contribution in [0.25, 0.3) is 0 Å². The van der Waals surface area contributed by atoms with Gasteiger partial charge in [-0.05, 0) is 37.0 Å². The fraction of sp³-hybridized carbons (Fsp3) is 0.611.